The highest BCUT2D eigenvalue weighted by molar-refractivity contribution is 9.10. The predicted molar refractivity (Wildman–Crippen MR) is 168 cm³/mol. The molecule has 0 spiro atoms. The van der Waals surface area contributed by atoms with E-state index in [4.69, 9.17) is 20.8 Å². The summed E-state index contributed by atoms with van der Waals surface area (Å²) in [6.07, 6.45) is 1.29. The number of ether oxygens (including phenoxy) is 1. The number of para-hydroxylation sites is 1. The highest BCUT2D eigenvalue weighted by Crippen LogP contribution is 2.37. The molecule has 6 rings (SSSR count). The Morgan fingerprint density at radius 3 is 2.73 bits per heavy atom. The standard InChI is InChI=1S/C31H18BrClN4O7/c32-23-11-18(12-25(37(41)42)28(23)43-16-17-4-3-5-19(10-17)31(39)40)15-34-36-29(35-24-7-2-1-6-22(24)30(36)38)27-14-20-13-21(33)8-9-26(20)44-27/h1-15H,16H2,(H,39,40). The van der Waals surface area contributed by atoms with E-state index in [1.54, 1.807) is 66.7 Å². The molecule has 4 aromatic carbocycles. The molecule has 0 unspecified atom stereocenters. The van der Waals surface area contributed by atoms with Crippen LogP contribution in [0, 0.1) is 10.1 Å². The lowest BCUT2D eigenvalue weighted by Crippen LogP contribution is -2.20. The minimum atomic E-state index is -1.10. The fourth-order valence-electron chi connectivity index (χ4n) is 4.54. The molecule has 0 fully saturated rings. The Labute approximate surface area is 260 Å². The van der Waals surface area contributed by atoms with Crippen molar-refractivity contribution in [1.82, 2.24) is 9.66 Å². The molecule has 0 amide bonds. The molecule has 2 heterocycles. The van der Waals surface area contributed by atoms with Gasteiger partial charge in [-0.1, -0.05) is 35.9 Å². The van der Waals surface area contributed by atoms with Gasteiger partial charge in [-0.2, -0.15) is 9.78 Å². The largest absolute Gasteiger partial charge is 0.481 e. The normalized spacial score (nSPS) is 11.4. The fourth-order valence-corrected chi connectivity index (χ4v) is 5.30. The molecule has 0 aliphatic heterocycles. The maximum atomic E-state index is 13.6. The van der Waals surface area contributed by atoms with Crippen LogP contribution in [0.5, 0.6) is 5.75 Å². The number of halogens is 2. The third-order valence-corrected chi connectivity index (χ3v) is 7.40. The van der Waals surface area contributed by atoms with Crippen molar-refractivity contribution in [2.45, 2.75) is 6.61 Å². The van der Waals surface area contributed by atoms with Crippen LogP contribution >= 0.6 is 27.5 Å². The molecule has 0 atom stereocenters. The molecule has 0 bridgehead atoms. The smallest absolute Gasteiger partial charge is 0.335 e. The second kappa shape index (κ2) is 11.7. The van der Waals surface area contributed by atoms with Gasteiger partial charge >= 0.3 is 11.7 Å². The number of nitrogens with zero attached hydrogens (tertiary/aromatic N) is 4. The fraction of sp³-hybridized carbons (Fsp3) is 0.0323. The zero-order valence-electron chi connectivity index (χ0n) is 22.3. The van der Waals surface area contributed by atoms with E-state index >= 15 is 0 Å². The molecular weight excluding hydrogens is 656 g/mol. The first-order chi connectivity index (χ1) is 21.2. The number of benzene rings is 4. The number of carbonyl (C=O) groups is 1. The van der Waals surface area contributed by atoms with E-state index in [9.17, 15) is 24.8 Å². The maximum absolute atomic E-state index is 13.6. The molecule has 0 saturated carbocycles. The van der Waals surface area contributed by atoms with Crippen LogP contribution in [0.25, 0.3) is 33.5 Å². The molecule has 44 heavy (non-hydrogen) atoms. The Balaban J connectivity index is 1.39. The SMILES string of the molecule is O=C(O)c1cccc(COc2c(Br)cc(C=Nn3c(-c4cc5cc(Cl)ccc5o4)nc4ccccc4c3=O)cc2[N+](=O)[O-])c1. The molecule has 2 aromatic heterocycles. The van der Waals surface area contributed by atoms with Crippen molar-refractivity contribution in [3.8, 4) is 17.3 Å². The summed E-state index contributed by atoms with van der Waals surface area (Å²) in [4.78, 5) is 40.9. The van der Waals surface area contributed by atoms with E-state index in [1.165, 1.54) is 24.4 Å². The van der Waals surface area contributed by atoms with E-state index < -0.39 is 16.5 Å². The number of carboxylic acids is 1. The maximum Gasteiger partial charge on any atom is 0.335 e. The molecular formula is C31H18BrClN4O7. The molecule has 13 heteroatoms. The van der Waals surface area contributed by atoms with Crippen molar-refractivity contribution in [3.05, 3.63) is 132 Å². The van der Waals surface area contributed by atoms with Crippen LogP contribution in [0.3, 0.4) is 0 Å². The average molecular weight is 674 g/mol. The Morgan fingerprint density at radius 2 is 1.93 bits per heavy atom. The first-order valence-electron chi connectivity index (χ1n) is 12.9. The van der Waals surface area contributed by atoms with Crippen LogP contribution in [0.4, 0.5) is 5.69 Å². The summed E-state index contributed by atoms with van der Waals surface area (Å²) in [6.45, 7) is -0.113. The van der Waals surface area contributed by atoms with Crippen LogP contribution in [-0.4, -0.2) is 31.9 Å². The summed E-state index contributed by atoms with van der Waals surface area (Å²) in [6, 6.07) is 22.5. The Morgan fingerprint density at radius 1 is 1.11 bits per heavy atom. The molecule has 11 nitrogen and oxygen atoms in total. The van der Waals surface area contributed by atoms with Crippen LogP contribution in [-0.2, 0) is 6.61 Å². The first-order valence-corrected chi connectivity index (χ1v) is 14.0. The van der Waals surface area contributed by atoms with Crippen LogP contribution in [0.2, 0.25) is 5.02 Å². The Kier molecular flexibility index (Phi) is 7.68. The van der Waals surface area contributed by atoms with Gasteiger partial charge in [0.1, 0.15) is 12.2 Å². The number of rotatable bonds is 8. The number of nitro groups is 1. The van der Waals surface area contributed by atoms with Gasteiger partial charge in [0, 0.05) is 22.0 Å². The Hall–Kier alpha value is -5.33. The molecule has 0 aliphatic carbocycles. The van der Waals surface area contributed by atoms with Crippen LogP contribution in [0.15, 0.2) is 104 Å². The van der Waals surface area contributed by atoms with Crippen molar-refractivity contribution in [1.29, 1.82) is 0 Å². The molecule has 1 N–H and O–H groups in total. The van der Waals surface area contributed by atoms with Gasteiger partial charge in [0.2, 0.25) is 11.6 Å². The number of carboxylic acid groups (broad SMARTS) is 1. The number of hydrogen-bond donors (Lipinski definition) is 1. The third-order valence-electron chi connectivity index (χ3n) is 6.57. The lowest BCUT2D eigenvalue weighted by molar-refractivity contribution is -0.386. The number of hydrogen-bond acceptors (Lipinski definition) is 8. The lowest BCUT2D eigenvalue weighted by atomic mass is 10.1. The number of fused-ring (bicyclic) bond motifs is 2. The average Bonchev–Trinajstić information content (AvgIpc) is 3.43. The minimum absolute atomic E-state index is 0.0564. The summed E-state index contributed by atoms with van der Waals surface area (Å²) in [7, 11) is 0. The zero-order chi connectivity index (χ0) is 31.0. The van der Waals surface area contributed by atoms with Gasteiger partial charge in [0.25, 0.3) is 5.56 Å². The molecule has 0 radical (unpaired) electrons. The topological polar surface area (TPSA) is 150 Å². The van der Waals surface area contributed by atoms with Gasteiger partial charge in [-0.25, -0.2) is 9.78 Å². The second-order valence-electron chi connectivity index (χ2n) is 9.51. The summed E-state index contributed by atoms with van der Waals surface area (Å²) < 4.78 is 13.0. The van der Waals surface area contributed by atoms with Crippen molar-refractivity contribution in [2.24, 2.45) is 5.10 Å². The quantitative estimate of drug-likeness (QED) is 0.101. The van der Waals surface area contributed by atoms with Gasteiger partial charge in [-0.05, 0) is 76.1 Å². The third kappa shape index (κ3) is 5.68. The number of aromatic nitrogens is 2. The second-order valence-corrected chi connectivity index (χ2v) is 10.8. The summed E-state index contributed by atoms with van der Waals surface area (Å²) >= 11 is 9.47. The highest BCUT2D eigenvalue weighted by Gasteiger charge is 2.21. The lowest BCUT2D eigenvalue weighted by Gasteiger charge is -2.10. The van der Waals surface area contributed by atoms with Crippen molar-refractivity contribution in [3.63, 3.8) is 0 Å². The predicted octanol–water partition coefficient (Wildman–Crippen LogP) is 7.29. The summed E-state index contributed by atoms with van der Waals surface area (Å²) in [5, 5.41) is 27.1. The first kappa shape index (κ1) is 28.8. The monoisotopic (exact) mass is 672 g/mol. The molecule has 218 valence electrons. The van der Waals surface area contributed by atoms with Crippen molar-refractivity contribution >= 4 is 67.3 Å². The van der Waals surface area contributed by atoms with Gasteiger partial charge in [-0.15, -0.1) is 0 Å². The van der Waals surface area contributed by atoms with Crippen molar-refractivity contribution < 1.29 is 24.0 Å². The molecule has 0 saturated heterocycles. The van der Waals surface area contributed by atoms with E-state index in [1.807, 2.05) is 0 Å². The highest BCUT2D eigenvalue weighted by atomic mass is 79.9. The number of furan rings is 1. The zero-order valence-corrected chi connectivity index (χ0v) is 24.7. The Bertz CT molecular complexity index is 2210. The van der Waals surface area contributed by atoms with Gasteiger partial charge < -0.3 is 14.3 Å². The summed E-state index contributed by atoms with van der Waals surface area (Å²) in [5.41, 5.74) is 0.992. The van der Waals surface area contributed by atoms with Crippen LogP contribution < -0.4 is 10.3 Å². The number of nitro benzene ring substituents is 1. The van der Waals surface area contributed by atoms with Crippen LogP contribution in [0.1, 0.15) is 21.5 Å². The van der Waals surface area contributed by atoms with E-state index in [0.29, 0.717) is 32.5 Å². The molecule has 6 aromatic rings. The van der Waals surface area contributed by atoms with E-state index in [0.717, 1.165) is 4.68 Å². The van der Waals surface area contributed by atoms with Crippen molar-refractivity contribution in [2.75, 3.05) is 0 Å². The molecule has 0 aliphatic rings. The van der Waals surface area contributed by atoms with Gasteiger partial charge in [0.05, 0.1) is 32.1 Å². The minimum Gasteiger partial charge on any atom is -0.481 e. The van der Waals surface area contributed by atoms with E-state index in [2.05, 4.69) is 26.0 Å². The van der Waals surface area contributed by atoms with E-state index in [-0.39, 0.29) is 45.2 Å². The van der Waals surface area contributed by atoms with Gasteiger partial charge in [0.15, 0.2) is 5.76 Å². The van der Waals surface area contributed by atoms with Gasteiger partial charge in [-0.3, -0.25) is 14.9 Å². The summed E-state index contributed by atoms with van der Waals surface area (Å²) in [5.74, 6) is -0.769. The number of aromatic carboxylic acids is 1.